The number of methoxy groups -OCH3 is 1. The highest BCUT2D eigenvalue weighted by atomic mass is 16.5. The second-order valence-corrected chi connectivity index (χ2v) is 3.97. The first-order valence-corrected chi connectivity index (χ1v) is 6.42. The third-order valence-corrected chi connectivity index (χ3v) is 2.36. The number of hydrogen-bond donors (Lipinski definition) is 3. The van der Waals surface area contributed by atoms with Crippen molar-refractivity contribution >= 4 is 17.6 Å². The molecule has 112 valence electrons. The number of carbonyl (C=O) groups is 1. The van der Waals surface area contributed by atoms with Gasteiger partial charge in [0.15, 0.2) is 5.82 Å². The molecule has 0 bridgehead atoms. The van der Waals surface area contributed by atoms with Crippen LogP contribution >= 0.6 is 0 Å². The maximum absolute atomic E-state index is 11.2. The first kappa shape index (κ1) is 16.1. The number of nitrogens with zero attached hydrogens (tertiary/aromatic N) is 2. The normalized spacial score (nSPS) is 10.2. The SMILES string of the molecule is CCOC(=O)CCCNc1cc(NN)nc(COC)n1. The van der Waals surface area contributed by atoms with Crippen molar-refractivity contribution in [2.45, 2.75) is 26.4 Å². The highest BCUT2D eigenvalue weighted by molar-refractivity contribution is 5.69. The summed E-state index contributed by atoms with van der Waals surface area (Å²) in [7, 11) is 1.57. The fraction of sp³-hybridized carbons (Fsp3) is 0.583. The number of ether oxygens (including phenoxy) is 2. The van der Waals surface area contributed by atoms with E-state index >= 15 is 0 Å². The van der Waals surface area contributed by atoms with Crippen molar-refractivity contribution in [1.82, 2.24) is 9.97 Å². The van der Waals surface area contributed by atoms with Crippen LogP contribution in [0.5, 0.6) is 0 Å². The first-order chi connectivity index (χ1) is 9.69. The summed E-state index contributed by atoms with van der Waals surface area (Å²) in [5.41, 5.74) is 2.47. The van der Waals surface area contributed by atoms with E-state index < -0.39 is 0 Å². The van der Waals surface area contributed by atoms with Gasteiger partial charge in [-0.1, -0.05) is 0 Å². The molecule has 0 unspecified atom stereocenters. The zero-order chi connectivity index (χ0) is 14.8. The van der Waals surface area contributed by atoms with Crippen LogP contribution in [0, 0.1) is 0 Å². The number of nitrogens with one attached hydrogen (secondary N) is 2. The van der Waals surface area contributed by atoms with Gasteiger partial charge in [0.1, 0.15) is 18.2 Å². The number of anilines is 2. The molecule has 4 N–H and O–H groups in total. The maximum atomic E-state index is 11.2. The molecule has 0 aliphatic rings. The fourth-order valence-electron chi connectivity index (χ4n) is 1.54. The molecule has 0 aromatic carbocycles. The molecule has 1 heterocycles. The van der Waals surface area contributed by atoms with Crippen molar-refractivity contribution in [3.05, 3.63) is 11.9 Å². The first-order valence-electron chi connectivity index (χ1n) is 6.42. The summed E-state index contributed by atoms with van der Waals surface area (Å²) >= 11 is 0. The minimum atomic E-state index is -0.193. The summed E-state index contributed by atoms with van der Waals surface area (Å²) in [5, 5.41) is 3.11. The van der Waals surface area contributed by atoms with E-state index in [9.17, 15) is 4.79 Å². The van der Waals surface area contributed by atoms with E-state index in [1.165, 1.54) is 0 Å². The van der Waals surface area contributed by atoms with Gasteiger partial charge in [-0.15, -0.1) is 0 Å². The van der Waals surface area contributed by atoms with Gasteiger partial charge in [0.25, 0.3) is 0 Å². The Bertz CT molecular complexity index is 428. The average Bonchev–Trinajstić information content (AvgIpc) is 2.44. The van der Waals surface area contributed by atoms with Gasteiger partial charge in [0.2, 0.25) is 0 Å². The van der Waals surface area contributed by atoms with Gasteiger partial charge in [-0.25, -0.2) is 15.8 Å². The van der Waals surface area contributed by atoms with Crippen LogP contribution in [0.1, 0.15) is 25.6 Å². The molecule has 1 aromatic rings. The van der Waals surface area contributed by atoms with E-state index in [2.05, 4.69) is 20.7 Å². The van der Waals surface area contributed by atoms with Crippen LogP contribution in [0.3, 0.4) is 0 Å². The molecule has 0 atom stereocenters. The number of hydrogen-bond acceptors (Lipinski definition) is 8. The molecule has 1 aromatic heterocycles. The second-order valence-electron chi connectivity index (χ2n) is 3.97. The lowest BCUT2D eigenvalue weighted by Gasteiger charge is -2.09. The van der Waals surface area contributed by atoms with Crippen molar-refractivity contribution in [3.8, 4) is 0 Å². The highest BCUT2D eigenvalue weighted by Crippen LogP contribution is 2.11. The molecule has 1 rings (SSSR count). The maximum Gasteiger partial charge on any atom is 0.305 e. The van der Waals surface area contributed by atoms with Crippen LogP contribution in [0.25, 0.3) is 0 Å². The minimum absolute atomic E-state index is 0.193. The number of nitrogens with two attached hydrogens (primary N) is 1. The van der Waals surface area contributed by atoms with E-state index in [-0.39, 0.29) is 5.97 Å². The molecule has 20 heavy (non-hydrogen) atoms. The van der Waals surface area contributed by atoms with Gasteiger partial charge in [-0.3, -0.25) is 4.79 Å². The Kier molecular flexibility index (Phi) is 7.30. The Labute approximate surface area is 118 Å². The van der Waals surface area contributed by atoms with Gasteiger partial charge in [0.05, 0.1) is 6.61 Å². The monoisotopic (exact) mass is 283 g/mol. The molecule has 8 heteroatoms. The molecule has 0 aliphatic carbocycles. The molecule has 0 aliphatic heterocycles. The predicted octanol–water partition coefficient (Wildman–Crippen LogP) is 0.664. The number of rotatable bonds is 9. The van der Waals surface area contributed by atoms with Gasteiger partial charge < -0.3 is 20.2 Å². The van der Waals surface area contributed by atoms with Crippen molar-refractivity contribution in [2.24, 2.45) is 5.84 Å². The van der Waals surface area contributed by atoms with E-state index in [1.54, 1.807) is 20.1 Å². The largest absolute Gasteiger partial charge is 0.466 e. The van der Waals surface area contributed by atoms with Gasteiger partial charge >= 0.3 is 5.97 Å². The Hall–Kier alpha value is -1.93. The van der Waals surface area contributed by atoms with E-state index in [0.717, 1.165) is 0 Å². The lowest BCUT2D eigenvalue weighted by Crippen LogP contribution is -2.13. The minimum Gasteiger partial charge on any atom is -0.466 e. The molecule has 0 saturated heterocycles. The van der Waals surface area contributed by atoms with Crippen LogP contribution in [0.15, 0.2) is 6.07 Å². The number of esters is 1. The number of nitrogen functional groups attached to an aromatic ring is 1. The lowest BCUT2D eigenvalue weighted by molar-refractivity contribution is -0.143. The van der Waals surface area contributed by atoms with Gasteiger partial charge in [-0.2, -0.15) is 0 Å². The van der Waals surface area contributed by atoms with Crippen molar-refractivity contribution < 1.29 is 14.3 Å². The summed E-state index contributed by atoms with van der Waals surface area (Å²) < 4.78 is 9.83. The molecule has 0 spiro atoms. The van der Waals surface area contributed by atoms with E-state index in [4.69, 9.17) is 15.3 Å². The third kappa shape index (κ3) is 5.81. The predicted molar refractivity (Wildman–Crippen MR) is 74.9 cm³/mol. The molecule has 8 nitrogen and oxygen atoms in total. The zero-order valence-corrected chi connectivity index (χ0v) is 11.8. The zero-order valence-electron chi connectivity index (χ0n) is 11.8. The van der Waals surface area contributed by atoms with Crippen LogP contribution in [0.2, 0.25) is 0 Å². The summed E-state index contributed by atoms with van der Waals surface area (Å²) in [6, 6.07) is 1.68. The second kappa shape index (κ2) is 9.05. The number of hydrazine groups is 1. The smallest absolute Gasteiger partial charge is 0.305 e. The van der Waals surface area contributed by atoms with E-state index in [1.807, 2.05) is 0 Å². The van der Waals surface area contributed by atoms with E-state index in [0.29, 0.717) is 50.1 Å². The molecule has 0 fully saturated rings. The molecule has 0 radical (unpaired) electrons. The topological polar surface area (TPSA) is 111 Å². The van der Waals surface area contributed by atoms with Crippen LogP contribution in [-0.2, 0) is 20.9 Å². The summed E-state index contributed by atoms with van der Waals surface area (Å²) in [5.74, 6) is 6.80. The average molecular weight is 283 g/mol. The van der Waals surface area contributed by atoms with Gasteiger partial charge in [-0.05, 0) is 13.3 Å². The summed E-state index contributed by atoms with van der Waals surface area (Å²) in [6.07, 6.45) is 1.03. The Balaban J connectivity index is 2.46. The summed E-state index contributed by atoms with van der Waals surface area (Å²) in [4.78, 5) is 19.6. The Morgan fingerprint density at radius 1 is 1.40 bits per heavy atom. The van der Waals surface area contributed by atoms with Crippen LogP contribution in [-0.4, -0.2) is 36.2 Å². The Morgan fingerprint density at radius 3 is 2.80 bits per heavy atom. The third-order valence-electron chi connectivity index (χ3n) is 2.36. The van der Waals surface area contributed by atoms with Crippen LogP contribution < -0.4 is 16.6 Å². The lowest BCUT2D eigenvalue weighted by atomic mass is 10.3. The van der Waals surface area contributed by atoms with Crippen molar-refractivity contribution in [3.63, 3.8) is 0 Å². The van der Waals surface area contributed by atoms with Crippen LogP contribution in [0.4, 0.5) is 11.6 Å². The molecule has 0 amide bonds. The number of aromatic nitrogens is 2. The number of carbonyl (C=O) groups excluding carboxylic acids is 1. The van der Waals surface area contributed by atoms with Crippen molar-refractivity contribution in [2.75, 3.05) is 31.0 Å². The molecular weight excluding hydrogens is 262 g/mol. The fourth-order valence-corrected chi connectivity index (χ4v) is 1.54. The molecular formula is C12H21N5O3. The quantitative estimate of drug-likeness (QED) is 0.262. The standard InChI is InChI=1S/C12H21N5O3/c1-3-20-12(18)5-4-6-14-9-7-10(17-13)16-11(15-9)8-19-2/h7H,3-6,8,13H2,1-2H3,(H2,14,15,16,17). The highest BCUT2D eigenvalue weighted by Gasteiger charge is 2.05. The van der Waals surface area contributed by atoms with Gasteiger partial charge in [0, 0.05) is 26.1 Å². The van der Waals surface area contributed by atoms with Crippen molar-refractivity contribution in [1.29, 1.82) is 0 Å². The Morgan fingerprint density at radius 2 is 2.15 bits per heavy atom. The molecule has 0 saturated carbocycles. The summed E-state index contributed by atoms with van der Waals surface area (Å²) in [6.45, 7) is 3.10.